The van der Waals surface area contributed by atoms with Crippen molar-refractivity contribution in [2.75, 3.05) is 25.0 Å². The minimum absolute atomic E-state index is 0.00338. The Bertz CT molecular complexity index is 1110. The lowest BCUT2D eigenvalue weighted by atomic mass is 10.0. The maximum Gasteiger partial charge on any atom is 0.410 e. The number of benzene rings is 2. The number of piperidine rings is 1. The van der Waals surface area contributed by atoms with E-state index in [9.17, 15) is 19.5 Å². The number of hydrogen-bond donors (Lipinski definition) is 2. The molecule has 0 radical (unpaired) electrons. The second-order valence-corrected chi connectivity index (χ2v) is 9.59. The Kier molecular flexibility index (Phi) is 7.50. The predicted octanol–water partition coefficient (Wildman–Crippen LogP) is 4.64. The van der Waals surface area contributed by atoms with Gasteiger partial charge >= 0.3 is 18.1 Å². The third-order valence-electron chi connectivity index (χ3n) is 6.74. The van der Waals surface area contributed by atoms with Gasteiger partial charge in [-0.25, -0.2) is 14.4 Å². The first-order chi connectivity index (χ1) is 16.7. The largest absolute Gasteiger partial charge is 0.478 e. The van der Waals surface area contributed by atoms with Crippen molar-refractivity contribution in [2.24, 2.45) is 0 Å². The maximum absolute atomic E-state index is 12.8. The molecule has 2 aliphatic rings. The molecule has 3 amide bonds. The standard InChI is InChI=1S/C26H30ClN3O5/c1-16-13-18(14-17(2)23(16)27)15-22(24(31)32)35-26(34)29-10-8-20(9-11-29)30-12-7-19-5-3-4-6-21(19)28-25(30)33/h3-6,13-14,20,22H,7-12,15H2,1-2H3,(H,28,33)(H,31,32). The van der Waals surface area contributed by atoms with E-state index in [-0.39, 0.29) is 18.5 Å². The van der Waals surface area contributed by atoms with Crippen LogP contribution in [0.2, 0.25) is 5.02 Å². The van der Waals surface area contributed by atoms with Gasteiger partial charge in [0, 0.05) is 42.8 Å². The van der Waals surface area contributed by atoms with Gasteiger partial charge in [0.2, 0.25) is 6.10 Å². The zero-order valence-corrected chi connectivity index (χ0v) is 20.7. The van der Waals surface area contributed by atoms with Crippen LogP contribution in [0.25, 0.3) is 0 Å². The summed E-state index contributed by atoms with van der Waals surface area (Å²) in [5.74, 6) is -1.20. The number of aliphatic carboxylic acids is 1. The molecule has 1 fully saturated rings. The number of rotatable bonds is 5. The summed E-state index contributed by atoms with van der Waals surface area (Å²) >= 11 is 6.21. The van der Waals surface area contributed by atoms with Crippen LogP contribution in [0, 0.1) is 13.8 Å². The summed E-state index contributed by atoms with van der Waals surface area (Å²) in [4.78, 5) is 40.7. The number of carbonyl (C=O) groups is 3. The molecule has 0 bridgehead atoms. The molecule has 1 saturated heterocycles. The first kappa shape index (κ1) is 24.9. The van der Waals surface area contributed by atoms with Crippen LogP contribution in [0.5, 0.6) is 0 Å². The lowest BCUT2D eigenvalue weighted by Gasteiger charge is -2.37. The van der Waals surface area contributed by atoms with Crippen molar-refractivity contribution in [3.05, 3.63) is 63.7 Å². The number of halogens is 1. The second-order valence-electron chi connectivity index (χ2n) is 9.21. The summed E-state index contributed by atoms with van der Waals surface area (Å²) in [6, 6.07) is 11.3. The topological polar surface area (TPSA) is 99.2 Å². The predicted molar refractivity (Wildman–Crippen MR) is 133 cm³/mol. The Labute approximate surface area is 209 Å². The second kappa shape index (κ2) is 10.6. The van der Waals surface area contributed by atoms with Crippen molar-refractivity contribution in [1.29, 1.82) is 0 Å². The number of anilines is 1. The van der Waals surface area contributed by atoms with Crippen molar-refractivity contribution < 1.29 is 24.2 Å². The van der Waals surface area contributed by atoms with Crippen LogP contribution in [-0.4, -0.2) is 64.8 Å². The number of carboxylic acid groups (broad SMARTS) is 1. The number of urea groups is 1. The number of nitrogens with one attached hydrogen (secondary N) is 1. The zero-order chi connectivity index (χ0) is 25.1. The first-order valence-electron chi connectivity index (χ1n) is 11.8. The zero-order valence-electron chi connectivity index (χ0n) is 19.9. The third kappa shape index (κ3) is 5.70. The van der Waals surface area contributed by atoms with E-state index >= 15 is 0 Å². The molecule has 1 atom stereocenters. The Morgan fingerprint density at radius 2 is 1.80 bits per heavy atom. The molecule has 35 heavy (non-hydrogen) atoms. The lowest BCUT2D eigenvalue weighted by Crippen LogP contribution is -2.50. The Balaban J connectivity index is 1.33. The molecule has 2 aromatic rings. The van der Waals surface area contributed by atoms with E-state index in [1.807, 2.05) is 55.1 Å². The average molecular weight is 500 g/mol. The SMILES string of the molecule is Cc1cc(CC(OC(=O)N2CCC(N3CCc4ccccc4NC3=O)CC2)C(=O)O)cc(C)c1Cl. The van der Waals surface area contributed by atoms with E-state index in [4.69, 9.17) is 16.3 Å². The number of carbonyl (C=O) groups excluding carboxylic acids is 2. The smallest absolute Gasteiger partial charge is 0.410 e. The molecule has 0 aromatic heterocycles. The van der Waals surface area contributed by atoms with Crippen molar-refractivity contribution >= 4 is 35.4 Å². The van der Waals surface area contributed by atoms with Crippen LogP contribution in [-0.2, 0) is 22.4 Å². The van der Waals surface area contributed by atoms with Gasteiger partial charge in [0.15, 0.2) is 0 Å². The number of nitrogens with zero attached hydrogens (tertiary/aromatic N) is 2. The molecule has 186 valence electrons. The van der Waals surface area contributed by atoms with Gasteiger partial charge in [-0.3, -0.25) is 0 Å². The number of hydrogen-bond acceptors (Lipinski definition) is 4. The van der Waals surface area contributed by atoms with E-state index < -0.39 is 18.2 Å². The normalized spacial score (nSPS) is 17.3. The Morgan fingerprint density at radius 3 is 2.46 bits per heavy atom. The Hall–Kier alpha value is -3.26. The fourth-order valence-electron chi connectivity index (χ4n) is 4.84. The fourth-order valence-corrected chi connectivity index (χ4v) is 4.95. The van der Waals surface area contributed by atoms with E-state index in [0.717, 1.165) is 34.4 Å². The minimum atomic E-state index is -1.30. The minimum Gasteiger partial charge on any atom is -0.478 e. The fraction of sp³-hybridized carbons (Fsp3) is 0.423. The molecule has 9 heteroatoms. The van der Waals surface area contributed by atoms with Crippen LogP contribution in [0.4, 0.5) is 15.3 Å². The van der Waals surface area contributed by atoms with Gasteiger partial charge < -0.3 is 25.0 Å². The van der Waals surface area contributed by atoms with E-state index in [0.29, 0.717) is 37.5 Å². The van der Waals surface area contributed by atoms with Crippen molar-refractivity contribution in [1.82, 2.24) is 9.80 Å². The summed E-state index contributed by atoms with van der Waals surface area (Å²) in [6.07, 6.45) is 0.0886. The number of ether oxygens (including phenoxy) is 1. The molecule has 2 aliphatic heterocycles. The van der Waals surface area contributed by atoms with Crippen LogP contribution in [0.1, 0.15) is 35.1 Å². The summed E-state index contributed by atoms with van der Waals surface area (Å²) in [7, 11) is 0. The van der Waals surface area contributed by atoms with E-state index in [1.54, 1.807) is 0 Å². The molecule has 8 nitrogen and oxygen atoms in total. The highest BCUT2D eigenvalue weighted by molar-refractivity contribution is 6.32. The van der Waals surface area contributed by atoms with Crippen molar-refractivity contribution in [3.63, 3.8) is 0 Å². The van der Waals surface area contributed by atoms with Gasteiger partial charge in [0.05, 0.1) is 0 Å². The summed E-state index contributed by atoms with van der Waals surface area (Å²) in [5, 5.41) is 13.3. The highest BCUT2D eigenvalue weighted by atomic mass is 35.5. The van der Waals surface area contributed by atoms with Crippen LogP contribution in [0.15, 0.2) is 36.4 Å². The van der Waals surface area contributed by atoms with Gasteiger partial charge in [-0.1, -0.05) is 41.9 Å². The highest BCUT2D eigenvalue weighted by Gasteiger charge is 2.33. The lowest BCUT2D eigenvalue weighted by molar-refractivity contribution is -0.147. The summed E-state index contributed by atoms with van der Waals surface area (Å²) in [6.45, 7) is 5.11. The van der Waals surface area contributed by atoms with Gasteiger partial charge in [-0.2, -0.15) is 0 Å². The molecular weight excluding hydrogens is 470 g/mol. The molecule has 0 saturated carbocycles. The molecule has 0 spiro atoms. The quantitative estimate of drug-likeness (QED) is 0.624. The number of amides is 3. The monoisotopic (exact) mass is 499 g/mol. The third-order valence-corrected chi connectivity index (χ3v) is 7.34. The van der Waals surface area contributed by atoms with Crippen molar-refractivity contribution in [3.8, 4) is 0 Å². The molecule has 2 aromatic carbocycles. The van der Waals surface area contributed by atoms with Crippen LogP contribution in [0.3, 0.4) is 0 Å². The summed E-state index contributed by atoms with van der Waals surface area (Å²) in [5.41, 5.74) is 4.39. The van der Waals surface area contributed by atoms with Crippen LogP contribution < -0.4 is 5.32 Å². The highest BCUT2D eigenvalue weighted by Crippen LogP contribution is 2.26. The van der Waals surface area contributed by atoms with E-state index in [2.05, 4.69) is 5.32 Å². The molecule has 1 unspecified atom stereocenters. The van der Waals surface area contributed by atoms with Gasteiger partial charge in [0.1, 0.15) is 0 Å². The van der Waals surface area contributed by atoms with Gasteiger partial charge in [-0.05, 0) is 61.4 Å². The van der Waals surface area contributed by atoms with E-state index in [1.165, 1.54) is 4.90 Å². The number of para-hydroxylation sites is 1. The Morgan fingerprint density at radius 1 is 1.14 bits per heavy atom. The number of fused-ring (bicyclic) bond motifs is 1. The molecular formula is C26H30ClN3O5. The van der Waals surface area contributed by atoms with Crippen molar-refractivity contribution in [2.45, 2.75) is 51.7 Å². The first-order valence-corrected chi connectivity index (χ1v) is 12.2. The summed E-state index contributed by atoms with van der Waals surface area (Å²) < 4.78 is 5.39. The number of aryl methyl sites for hydroxylation is 2. The molecule has 4 rings (SSSR count). The molecule has 0 aliphatic carbocycles. The molecule has 2 N–H and O–H groups in total. The van der Waals surface area contributed by atoms with Gasteiger partial charge in [-0.15, -0.1) is 0 Å². The maximum atomic E-state index is 12.8. The molecule has 2 heterocycles. The van der Waals surface area contributed by atoms with Crippen LogP contribution >= 0.6 is 11.6 Å². The number of carboxylic acids is 1. The number of likely N-dealkylation sites (tertiary alicyclic amines) is 1. The average Bonchev–Trinajstić information content (AvgIpc) is 3.00. The van der Waals surface area contributed by atoms with Gasteiger partial charge in [0.25, 0.3) is 0 Å².